The number of nitrogens with zero attached hydrogens (tertiary/aromatic N) is 2. The molecular weight excluding hydrogens is 612 g/mol. The number of carbonyl (C=O) groups excluding carboxylic acids is 4. The van der Waals surface area contributed by atoms with Crippen molar-refractivity contribution in [2.75, 3.05) is 6.54 Å². The van der Waals surface area contributed by atoms with Crippen LogP contribution in [-0.4, -0.2) is 79.3 Å². The van der Waals surface area contributed by atoms with Crippen LogP contribution in [0.5, 0.6) is 0 Å². The maximum Gasteiger partial charge on any atom is 0.327 e. The first-order valence-corrected chi connectivity index (χ1v) is 15.4. The number of β-lactam (4-membered cyclic amide) rings is 1. The van der Waals surface area contributed by atoms with E-state index in [1.54, 1.807) is 57.2 Å². The fraction of sp³-hybridized carbons (Fsp3) is 0.393. The van der Waals surface area contributed by atoms with Gasteiger partial charge in [-0.1, -0.05) is 42.5 Å². The molecule has 4 amide bonds. The normalized spacial score (nSPS) is 21.3. The standard InChI is InChI=1S/C28H32N6O8S2/c1-4-29-19(35)14-16(32-44-18-13-9-8-12-17(18)34(41)42)23(36)30-20(15-10-6-5-7-11-15)24(37)31-21-25(38)33-22(27(39)40)28(2,3)43-26(21)33/h5-13,16,20-22,26,32H,4,14H2,1-3H3,(H,29,35)(H,30,36)(H,31,37)(H,39,40)/t16?,20?,21-,22+,26-/m1/s1. The fourth-order valence-electron chi connectivity index (χ4n) is 5.04. The summed E-state index contributed by atoms with van der Waals surface area (Å²) in [5.74, 6) is -3.58. The summed E-state index contributed by atoms with van der Waals surface area (Å²) < 4.78 is 2.04. The Hall–Kier alpha value is -4.15. The summed E-state index contributed by atoms with van der Waals surface area (Å²) in [7, 11) is 0. The highest BCUT2D eigenvalue weighted by atomic mass is 32.2. The highest BCUT2D eigenvalue weighted by molar-refractivity contribution is 8.01. The molecule has 2 aromatic carbocycles. The Bertz CT molecular complexity index is 1460. The lowest BCUT2D eigenvalue weighted by Crippen LogP contribution is -2.71. The number of fused-ring (bicyclic) bond motifs is 1. The molecule has 2 saturated heterocycles. The second-order valence-corrected chi connectivity index (χ2v) is 13.2. The first-order valence-electron chi connectivity index (χ1n) is 13.7. The van der Waals surface area contributed by atoms with Crippen molar-refractivity contribution in [3.63, 3.8) is 0 Å². The molecule has 2 unspecified atom stereocenters. The van der Waals surface area contributed by atoms with Gasteiger partial charge < -0.3 is 26.0 Å². The van der Waals surface area contributed by atoms with Crippen molar-refractivity contribution in [2.45, 2.75) is 66.4 Å². The van der Waals surface area contributed by atoms with Gasteiger partial charge in [0.25, 0.3) is 5.69 Å². The van der Waals surface area contributed by atoms with Gasteiger partial charge in [0.15, 0.2) is 0 Å². The number of nitro groups is 1. The maximum atomic E-state index is 13.6. The van der Waals surface area contributed by atoms with Crippen molar-refractivity contribution in [3.05, 3.63) is 70.3 Å². The number of hydrogen-bond acceptors (Lipinski definition) is 10. The summed E-state index contributed by atoms with van der Waals surface area (Å²) >= 11 is 2.08. The van der Waals surface area contributed by atoms with Gasteiger partial charge in [0.1, 0.15) is 34.4 Å². The first kappa shape index (κ1) is 32.8. The Labute approximate surface area is 261 Å². The van der Waals surface area contributed by atoms with E-state index in [4.69, 9.17) is 0 Å². The number of aliphatic carboxylic acids is 1. The zero-order valence-corrected chi connectivity index (χ0v) is 25.6. The van der Waals surface area contributed by atoms with Gasteiger partial charge in [0, 0.05) is 17.4 Å². The smallest absolute Gasteiger partial charge is 0.327 e. The minimum Gasteiger partial charge on any atom is -0.480 e. The van der Waals surface area contributed by atoms with E-state index >= 15 is 0 Å². The van der Waals surface area contributed by atoms with Gasteiger partial charge in [0.05, 0.1) is 11.3 Å². The average Bonchev–Trinajstić information content (AvgIpc) is 3.24. The van der Waals surface area contributed by atoms with Crippen LogP contribution in [0.3, 0.4) is 0 Å². The van der Waals surface area contributed by atoms with Crippen LogP contribution in [0.25, 0.3) is 0 Å². The second-order valence-electron chi connectivity index (χ2n) is 10.6. The van der Waals surface area contributed by atoms with Crippen LogP contribution in [0.15, 0.2) is 59.5 Å². The number of carboxylic acids is 1. The molecule has 4 rings (SSSR count). The number of carbonyl (C=O) groups is 5. The first-order chi connectivity index (χ1) is 20.9. The Morgan fingerprint density at radius 2 is 1.75 bits per heavy atom. The Morgan fingerprint density at radius 3 is 2.39 bits per heavy atom. The predicted molar refractivity (Wildman–Crippen MR) is 162 cm³/mol. The summed E-state index contributed by atoms with van der Waals surface area (Å²) in [6.45, 7) is 5.46. The lowest BCUT2D eigenvalue weighted by Gasteiger charge is -2.44. The highest BCUT2D eigenvalue weighted by Crippen LogP contribution is 2.50. The number of nitro benzene ring substituents is 1. The molecule has 0 aliphatic carbocycles. The molecule has 0 spiro atoms. The number of carboxylic acid groups (broad SMARTS) is 1. The number of thioether (sulfide) groups is 1. The van der Waals surface area contributed by atoms with Crippen molar-refractivity contribution >= 4 is 59.0 Å². The number of benzene rings is 2. The van der Waals surface area contributed by atoms with E-state index in [-0.39, 0.29) is 17.0 Å². The molecule has 14 nitrogen and oxygen atoms in total. The third-order valence-electron chi connectivity index (χ3n) is 7.11. The van der Waals surface area contributed by atoms with E-state index in [0.717, 1.165) is 11.9 Å². The summed E-state index contributed by atoms with van der Waals surface area (Å²) in [6, 6.07) is 9.63. The number of nitrogens with one attached hydrogen (secondary N) is 4. The fourth-order valence-corrected chi connectivity index (χ4v) is 7.52. The molecule has 44 heavy (non-hydrogen) atoms. The van der Waals surface area contributed by atoms with Gasteiger partial charge in [-0.25, -0.2) is 9.52 Å². The zero-order valence-electron chi connectivity index (χ0n) is 24.0. The molecule has 16 heteroatoms. The van der Waals surface area contributed by atoms with Crippen LogP contribution >= 0.6 is 23.7 Å². The third-order valence-corrected chi connectivity index (χ3v) is 9.65. The van der Waals surface area contributed by atoms with Crippen molar-refractivity contribution in [2.24, 2.45) is 0 Å². The minimum absolute atomic E-state index is 0.194. The molecule has 0 saturated carbocycles. The molecule has 2 heterocycles. The van der Waals surface area contributed by atoms with Gasteiger partial charge in [-0.3, -0.25) is 29.3 Å². The van der Waals surface area contributed by atoms with Crippen LogP contribution < -0.4 is 20.7 Å². The molecule has 2 fully saturated rings. The maximum absolute atomic E-state index is 13.6. The molecule has 2 aliphatic heterocycles. The lowest BCUT2D eigenvalue weighted by molar-refractivity contribution is -0.387. The average molecular weight is 645 g/mol. The van der Waals surface area contributed by atoms with Gasteiger partial charge in [-0.2, -0.15) is 0 Å². The van der Waals surface area contributed by atoms with E-state index in [9.17, 15) is 39.2 Å². The summed E-state index contributed by atoms with van der Waals surface area (Å²) in [5, 5.41) is 28.5. The summed E-state index contributed by atoms with van der Waals surface area (Å²) in [5.41, 5.74) is 0.203. The van der Waals surface area contributed by atoms with E-state index in [1.165, 1.54) is 34.9 Å². The number of rotatable bonds is 13. The number of amides is 4. The molecule has 234 valence electrons. The van der Waals surface area contributed by atoms with E-state index in [1.807, 2.05) is 0 Å². The molecular formula is C28H32N6O8S2. The highest BCUT2D eigenvalue weighted by Gasteiger charge is 2.64. The van der Waals surface area contributed by atoms with Gasteiger partial charge in [0.2, 0.25) is 23.6 Å². The van der Waals surface area contributed by atoms with Crippen molar-refractivity contribution in [1.29, 1.82) is 0 Å². The molecule has 0 radical (unpaired) electrons. The lowest BCUT2D eigenvalue weighted by atomic mass is 9.95. The summed E-state index contributed by atoms with van der Waals surface area (Å²) in [6.07, 6.45) is -0.336. The molecule has 0 bridgehead atoms. The molecule has 5 N–H and O–H groups in total. The van der Waals surface area contributed by atoms with Crippen molar-refractivity contribution < 1.29 is 34.0 Å². The van der Waals surface area contributed by atoms with Crippen LogP contribution in [0.4, 0.5) is 5.69 Å². The number of hydrogen-bond donors (Lipinski definition) is 5. The Balaban J connectivity index is 1.54. The third kappa shape index (κ3) is 6.97. The van der Waals surface area contributed by atoms with Crippen LogP contribution in [0.2, 0.25) is 0 Å². The molecule has 0 aromatic heterocycles. The van der Waals surface area contributed by atoms with Crippen LogP contribution in [-0.2, 0) is 24.0 Å². The largest absolute Gasteiger partial charge is 0.480 e. The molecule has 2 aliphatic rings. The predicted octanol–water partition coefficient (Wildman–Crippen LogP) is 1.58. The van der Waals surface area contributed by atoms with Gasteiger partial charge >= 0.3 is 5.97 Å². The van der Waals surface area contributed by atoms with E-state index in [0.29, 0.717) is 12.1 Å². The van der Waals surface area contributed by atoms with Crippen LogP contribution in [0.1, 0.15) is 38.8 Å². The SMILES string of the molecule is CCNC(=O)CC(NSc1ccccc1[N+](=O)[O-])C(=O)NC(C(=O)N[C@@H]1C(=O)N2[C@@H]1SC(C)(C)[C@@H]2C(=O)O)c1ccccc1. The van der Waals surface area contributed by atoms with Gasteiger partial charge in [-0.15, -0.1) is 11.8 Å². The quantitative estimate of drug-likeness (QED) is 0.0918. The van der Waals surface area contributed by atoms with E-state index in [2.05, 4.69) is 20.7 Å². The minimum atomic E-state index is -1.28. The topological polar surface area (TPSA) is 200 Å². The van der Waals surface area contributed by atoms with Crippen molar-refractivity contribution in [1.82, 2.24) is 25.6 Å². The van der Waals surface area contributed by atoms with E-state index < -0.39 is 68.8 Å². The summed E-state index contributed by atoms with van der Waals surface area (Å²) in [4.78, 5) is 76.9. The van der Waals surface area contributed by atoms with Gasteiger partial charge in [-0.05, 0) is 44.3 Å². The molecule has 5 atom stereocenters. The monoisotopic (exact) mass is 644 g/mol. The zero-order chi connectivity index (χ0) is 32.2. The Kier molecular flexibility index (Phi) is 10.2. The molecule has 2 aromatic rings. The number of para-hydroxylation sites is 1. The van der Waals surface area contributed by atoms with Crippen LogP contribution in [0, 0.1) is 10.1 Å². The van der Waals surface area contributed by atoms with Crippen molar-refractivity contribution in [3.8, 4) is 0 Å². The second kappa shape index (κ2) is 13.7. The Morgan fingerprint density at radius 1 is 1.09 bits per heavy atom.